The van der Waals surface area contributed by atoms with Crippen molar-refractivity contribution in [3.05, 3.63) is 36.7 Å². The average Bonchev–Trinajstić information content (AvgIpc) is 2.75. The second-order valence-corrected chi connectivity index (χ2v) is 2.06. The zero-order chi connectivity index (χ0) is 9.52. The van der Waals surface area contributed by atoms with Gasteiger partial charge >= 0.3 is 0 Å². The molecule has 1 N–H and O–H groups in total. The Morgan fingerprint density at radius 3 is 2.38 bits per heavy atom. The summed E-state index contributed by atoms with van der Waals surface area (Å²) in [5.41, 5.74) is 0.921. The third-order valence-electron chi connectivity index (χ3n) is 1.34. The van der Waals surface area contributed by atoms with Crippen LogP contribution in [0.25, 0.3) is 5.69 Å². The molecule has 0 saturated carbocycles. The predicted octanol–water partition coefficient (Wildman–Crippen LogP) is 0.271. The Bertz CT molecular complexity index is 319. The second-order valence-electron chi connectivity index (χ2n) is 2.06. The molecular weight excluding hydrogens is 168 g/mol. The van der Waals surface area contributed by atoms with Gasteiger partial charge in [-0.3, -0.25) is 0 Å². The smallest absolute Gasteiger partial charge is 0.162 e. The molecule has 0 aliphatic heterocycles. The van der Waals surface area contributed by atoms with Gasteiger partial charge in [-0.05, 0) is 17.3 Å². The lowest BCUT2D eigenvalue weighted by molar-refractivity contribution is 0.399. The molecule has 0 aliphatic rings. The molecule has 0 fully saturated rings. The van der Waals surface area contributed by atoms with E-state index in [1.807, 2.05) is 30.3 Å². The fraction of sp³-hybridized carbons (Fsp3) is 0.125. The van der Waals surface area contributed by atoms with Gasteiger partial charge in [0.05, 0.1) is 5.69 Å². The molecule has 2 aromatic rings. The lowest BCUT2D eigenvalue weighted by Crippen LogP contribution is -1.97. The highest BCUT2D eigenvalue weighted by Crippen LogP contribution is 2.00. The van der Waals surface area contributed by atoms with Crippen LogP contribution in [0.15, 0.2) is 36.7 Å². The van der Waals surface area contributed by atoms with Crippen molar-refractivity contribution in [2.24, 2.45) is 0 Å². The van der Waals surface area contributed by atoms with Crippen LogP contribution in [0.2, 0.25) is 0 Å². The van der Waals surface area contributed by atoms with Gasteiger partial charge < -0.3 is 5.11 Å². The van der Waals surface area contributed by atoms with E-state index in [1.165, 1.54) is 11.1 Å². The predicted molar refractivity (Wildman–Crippen MR) is 47.3 cm³/mol. The quantitative estimate of drug-likeness (QED) is 0.680. The van der Waals surface area contributed by atoms with Crippen LogP contribution in [0.3, 0.4) is 0 Å². The highest BCUT2D eigenvalue weighted by atomic mass is 16.2. The lowest BCUT2D eigenvalue weighted by Gasteiger charge is -1.94. The Morgan fingerprint density at radius 1 is 1.15 bits per heavy atom. The van der Waals surface area contributed by atoms with Gasteiger partial charge in [-0.25, -0.2) is 0 Å². The van der Waals surface area contributed by atoms with Gasteiger partial charge in [0.1, 0.15) is 0 Å². The molecule has 0 unspecified atom stereocenters. The Kier molecular flexibility index (Phi) is 3.59. The van der Waals surface area contributed by atoms with Gasteiger partial charge in [-0.2, -0.15) is 0 Å². The molecule has 0 aliphatic carbocycles. The third-order valence-corrected chi connectivity index (χ3v) is 1.34. The number of para-hydroxylation sites is 1. The minimum atomic E-state index is 0.921. The molecule has 68 valence electrons. The highest BCUT2D eigenvalue weighted by molar-refractivity contribution is 5.27. The molecule has 13 heavy (non-hydrogen) atoms. The number of aliphatic hydroxyl groups is 1. The summed E-state index contributed by atoms with van der Waals surface area (Å²) >= 11 is 0. The Morgan fingerprint density at radius 2 is 1.85 bits per heavy atom. The van der Waals surface area contributed by atoms with Crippen molar-refractivity contribution in [2.75, 3.05) is 7.11 Å². The minimum Gasteiger partial charge on any atom is -0.400 e. The number of tetrazole rings is 1. The highest BCUT2D eigenvalue weighted by Gasteiger charge is 1.93. The van der Waals surface area contributed by atoms with Gasteiger partial charge in [0.25, 0.3) is 0 Å². The van der Waals surface area contributed by atoms with Gasteiger partial charge in [0, 0.05) is 7.11 Å². The maximum Gasteiger partial charge on any atom is 0.162 e. The molecule has 0 saturated heterocycles. The van der Waals surface area contributed by atoms with E-state index in [-0.39, 0.29) is 0 Å². The van der Waals surface area contributed by atoms with Crippen molar-refractivity contribution in [1.29, 1.82) is 0 Å². The zero-order valence-corrected chi connectivity index (χ0v) is 7.20. The number of rotatable bonds is 1. The van der Waals surface area contributed by atoms with E-state index in [9.17, 15) is 0 Å². The molecule has 5 nitrogen and oxygen atoms in total. The second kappa shape index (κ2) is 5.00. The largest absolute Gasteiger partial charge is 0.400 e. The number of nitrogens with zero attached hydrogens (tertiary/aromatic N) is 4. The average molecular weight is 178 g/mol. The van der Waals surface area contributed by atoms with Crippen molar-refractivity contribution in [3.8, 4) is 5.69 Å². The zero-order valence-electron chi connectivity index (χ0n) is 7.20. The SMILES string of the molecule is CO.c1ccc(-n2ncnn2)cc1. The summed E-state index contributed by atoms with van der Waals surface area (Å²) in [6.45, 7) is 0. The third kappa shape index (κ3) is 2.34. The van der Waals surface area contributed by atoms with Crippen molar-refractivity contribution < 1.29 is 5.11 Å². The standard InChI is InChI=1S/C7H6N4.CH4O/c1-2-4-7(5-3-1)11-9-6-8-10-11;1-2/h1-6H;2H,1H3. The molecular formula is C8H10N4O. The molecule has 0 spiro atoms. The van der Waals surface area contributed by atoms with Crippen LogP contribution in [0.1, 0.15) is 0 Å². The monoisotopic (exact) mass is 178 g/mol. The summed E-state index contributed by atoms with van der Waals surface area (Å²) in [6, 6.07) is 9.64. The van der Waals surface area contributed by atoms with E-state index in [1.54, 1.807) is 0 Å². The van der Waals surface area contributed by atoms with Crippen LogP contribution in [0, 0.1) is 0 Å². The number of aliphatic hydroxyl groups excluding tert-OH is 1. The summed E-state index contributed by atoms with van der Waals surface area (Å²) in [4.78, 5) is 1.47. The maximum absolute atomic E-state index is 7.00. The van der Waals surface area contributed by atoms with Crippen molar-refractivity contribution in [2.45, 2.75) is 0 Å². The first-order chi connectivity index (χ1) is 6.47. The first-order valence-electron chi connectivity index (χ1n) is 3.70. The van der Waals surface area contributed by atoms with Crippen LogP contribution in [0.5, 0.6) is 0 Å². The minimum absolute atomic E-state index is 0.921. The number of hydrogen-bond acceptors (Lipinski definition) is 4. The fourth-order valence-corrected chi connectivity index (χ4v) is 0.847. The normalized spacial score (nSPS) is 8.77. The Labute approximate surface area is 75.6 Å². The van der Waals surface area contributed by atoms with Gasteiger partial charge in [-0.1, -0.05) is 18.2 Å². The fourth-order valence-electron chi connectivity index (χ4n) is 0.847. The van der Waals surface area contributed by atoms with Crippen molar-refractivity contribution >= 4 is 0 Å². The van der Waals surface area contributed by atoms with Crippen LogP contribution < -0.4 is 0 Å². The van der Waals surface area contributed by atoms with E-state index in [4.69, 9.17) is 5.11 Å². The molecule has 0 atom stereocenters. The summed E-state index contributed by atoms with van der Waals surface area (Å²) in [7, 11) is 1.00. The van der Waals surface area contributed by atoms with E-state index >= 15 is 0 Å². The number of benzene rings is 1. The summed E-state index contributed by atoms with van der Waals surface area (Å²) in [5, 5.41) is 18.2. The van der Waals surface area contributed by atoms with Crippen LogP contribution in [-0.4, -0.2) is 32.4 Å². The molecule has 2 rings (SSSR count). The van der Waals surface area contributed by atoms with E-state index in [0.717, 1.165) is 12.8 Å². The first kappa shape index (κ1) is 9.34. The molecule has 1 aromatic carbocycles. The molecule has 0 amide bonds. The summed E-state index contributed by atoms with van der Waals surface area (Å²) in [5.74, 6) is 0. The topological polar surface area (TPSA) is 63.8 Å². The summed E-state index contributed by atoms with van der Waals surface area (Å²) < 4.78 is 0. The van der Waals surface area contributed by atoms with E-state index in [0.29, 0.717) is 0 Å². The van der Waals surface area contributed by atoms with Gasteiger partial charge in [0.15, 0.2) is 6.33 Å². The van der Waals surface area contributed by atoms with E-state index in [2.05, 4.69) is 15.4 Å². The van der Waals surface area contributed by atoms with Crippen LogP contribution in [0.4, 0.5) is 0 Å². The maximum atomic E-state index is 7.00. The van der Waals surface area contributed by atoms with Crippen LogP contribution in [-0.2, 0) is 0 Å². The van der Waals surface area contributed by atoms with Crippen molar-refractivity contribution in [1.82, 2.24) is 20.2 Å². The van der Waals surface area contributed by atoms with E-state index < -0.39 is 0 Å². The van der Waals surface area contributed by atoms with Crippen LogP contribution >= 0.6 is 0 Å². The molecule has 1 aromatic heterocycles. The van der Waals surface area contributed by atoms with Gasteiger partial charge in [0.2, 0.25) is 0 Å². The number of hydrogen-bond donors (Lipinski definition) is 1. The number of aromatic nitrogens is 4. The molecule has 0 bridgehead atoms. The molecule has 1 heterocycles. The Balaban J connectivity index is 0.000000396. The molecule has 5 heteroatoms. The lowest BCUT2D eigenvalue weighted by atomic mass is 10.3. The first-order valence-corrected chi connectivity index (χ1v) is 3.70. The summed E-state index contributed by atoms with van der Waals surface area (Å²) in [6.07, 6.45) is 1.41. The Hall–Kier alpha value is -1.75. The molecule has 0 radical (unpaired) electrons. The van der Waals surface area contributed by atoms with Crippen molar-refractivity contribution in [3.63, 3.8) is 0 Å². The van der Waals surface area contributed by atoms with Gasteiger partial charge in [-0.15, -0.1) is 15.0 Å².